The third-order valence-corrected chi connectivity index (χ3v) is 5.58. The topological polar surface area (TPSA) is 50.2 Å². The molecule has 3 aromatic rings. The maximum atomic E-state index is 13.2. The van der Waals surface area contributed by atoms with Gasteiger partial charge in [-0.25, -0.2) is 9.07 Å². The van der Waals surface area contributed by atoms with Crippen molar-refractivity contribution < 1.29 is 9.18 Å². The lowest BCUT2D eigenvalue weighted by molar-refractivity contribution is 0.0714. The van der Waals surface area contributed by atoms with Crippen LogP contribution >= 0.6 is 11.3 Å². The van der Waals surface area contributed by atoms with Gasteiger partial charge in [0.1, 0.15) is 10.6 Å². The van der Waals surface area contributed by atoms with Crippen molar-refractivity contribution in [1.82, 2.24) is 20.0 Å². The van der Waals surface area contributed by atoms with Gasteiger partial charge in [0.05, 0.1) is 16.3 Å². The number of nitrogens with one attached hydrogen (secondary N) is 1. The number of benzene rings is 1. The van der Waals surface area contributed by atoms with Crippen molar-refractivity contribution in [1.29, 1.82) is 0 Å². The van der Waals surface area contributed by atoms with E-state index in [-0.39, 0.29) is 11.7 Å². The lowest BCUT2D eigenvalue weighted by Crippen LogP contribution is -2.51. The number of aromatic nitrogens is 2. The standard InChI is InChI=1S/C18H19FN4OS/c1-11-10-22(8-7-20-11)17(24)16-9-15-12(2)21-23(18(15)25-16)14-5-3-13(19)4-6-14/h3-6,9,11,20H,7-8,10H2,1-2H3. The van der Waals surface area contributed by atoms with Crippen LogP contribution in [0.5, 0.6) is 0 Å². The molecule has 4 rings (SSSR count). The predicted molar refractivity (Wildman–Crippen MR) is 97.0 cm³/mol. The van der Waals surface area contributed by atoms with E-state index in [1.165, 1.54) is 23.5 Å². The van der Waals surface area contributed by atoms with Crippen LogP contribution in [0.3, 0.4) is 0 Å². The second-order valence-corrected chi connectivity index (χ2v) is 7.44. The first kappa shape index (κ1) is 16.2. The van der Waals surface area contributed by atoms with Crippen molar-refractivity contribution in [2.75, 3.05) is 19.6 Å². The molecule has 0 bridgehead atoms. The van der Waals surface area contributed by atoms with Gasteiger partial charge < -0.3 is 10.2 Å². The van der Waals surface area contributed by atoms with E-state index < -0.39 is 0 Å². The van der Waals surface area contributed by atoms with Crippen LogP contribution in [-0.4, -0.2) is 46.3 Å². The highest BCUT2D eigenvalue weighted by atomic mass is 32.1. The Balaban J connectivity index is 1.72. The van der Waals surface area contributed by atoms with E-state index in [4.69, 9.17) is 0 Å². The fourth-order valence-electron chi connectivity index (χ4n) is 3.18. The molecule has 1 atom stereocenters. The number of hydrogen-bond donors (Lipinski definition) is 1. The number of halogens is 1. The third-order valence-electron chi connectivity index (χ3n) is 4.48. The summed E-state index contributed by atoms with van der Waals surface area (Å²) in [4.78, 5) is 16.4. The highest BCUT2D eigenvalue weighted by Gasteiger charge is 2.24. The number of fused-ring (bicyclic) bond motifs is 1. The van der Waals surface area contributed by atoms with Crippen molar-refractivity contribution in [2.45, 2.75) is 19.9 Å². The first-order chi connectivity index (χ1) is 12.0. The quantitative estimate of drug-likeness (QED) is 0.766. The third kappa shape index (κ3) is 2.94. The zero-order valence-corrected chi connectivity index (χ0v) is 14.9. The average molecular weight is 358 g/mol. The highest BCUT2D eigenvalue weighted by molar-refractivity contribution is 7.20. The second-order valence-electron chi connectivity index (χ2n) is 6.41. The molecule has 1 aliphatic heterocycles. The van der Waals surface area contributed by atoms with E-state index in [1.54, 1.807) is 16.8 Å². The minimum absolute atomic E-state index is 0.0691. The van der Waals surface area contributed by atoms with Gasteiger partial charge in [-0.15, -0.1) is 11.3 Å². The fourth-order valence-corrected chi connectivity index (χ4v) is 4.33. The molecule has 1 unspecified atom stereocenters. The molecular weight excluding hydrogens is 339 g/mol. The minimum atomic E-state index is -0.279. The Bertz CT molecular complexity index is 931. The van der Waals surface area contributed by atoms with Crippen molar-refractivity contribution in [3.63, 3.8) is 0 Å². The Kier molecular flexibility index (Phi) is 4.05. The SMILES string of the molecule is Cc1nn(-c2ccc(F)cc2)c2sc(C(=O)N3CCNC(C)C3)cc12. The van der Waals surface area contributed by atoms with Gasteiger partial charge in [0, 0.05) is 31.1 Å². The van der Waals surface area contributed by atoms with E-state index >= 15 is 0 Å². The summed E-state index contributed by atoms with van der Waals surface area (Å²) < 4.78 is 15.0. The Labute approximate surface area is 149 Å². The number of piperazine rings is 1. The summed E-state index contributed by atoms with van der Waals surface area (Å²) in [6.07, 6.45) is 0. The summed E-state index contributed by atoms with van der Waals surface area (Å²) in [6, 6.07) is 8.46. The summed E-state index contributed by atoms with van der Waals surface area (Å²) >= 11 is 1.44. The first-order valence-electron chi connectivity index (χ1n) is 8.30. The zero-order valence-electron chi connectivity index (χ0n) is 14.1. The summed E-state index contributed by atoms with van der Waals surface area (Å²) in [7, 11) is 0. The van der Waals surface area contributed by atoms with Crippen LogP contribution in [-0.2, 0) is 0 Å². The number of rotatable bonds is 2. The molecule has 1 saturated heterocycles. The molecule has 1 aromatic carbocycles. The normalized spacial score (nSPS) is 18.0. The van der Waals surface area contributed by atoms with Gasteiger partial charge in [-0.3, -0.25) is 4.79 Å². The number of amides is 1. The van der Waals surface area contributed by atoms with Crippen LogP contribution in [0.4, 0.5) is 4.39 Å². The van der Waals surface area contributed by atoms with Gasteiger partial charge in [-0.2, -0.15) is 5.10 Å². The molecule has 130 valence electrons. The largest absolute Gasteiger partial charge is 0.335 e. The fraction of sp³-hybridized carbons (Fsp3) is 0.333. The molecule has 7 heteroatoms. The molecule has 1 fully saturated rings. The molecule has 2 aromatic heterocycles. The monoisotopic (exact) mass is 358 g/mol. The Morgan fingerprint density at radius 3 is 2.84 bits per heavy atom. The molecule has 0 spiro atoms. The van der Waals surface area contributed by atoms with Crippen molar-refractivity contribution in [2.24, 2.45) is 0 Å². The maximum absolute atomic E-state index is 13.2. The van der Waals surface area contributed by atoms with Crippen molar-refractivity contribution in [3.05, 3.63) is 46.7 Å². The Morgan fingerprint density at radius 2 is 2.12 bits per heavy atom. The second kappa shape index (κ2) is 6.24. The average Bonchev–Trinajstić information content (AvgIpc) is 3.16. The van der Waals surface area contributed by atoms with Crippen LogP contribution in [0, 0.1) is 12.7 Å². The van der Waals surface area contributed by atoms with Crippen LogP contribution in [0.25, 0.3) is 15.9 Å². The molecule has 5 nitrogen and oxygen atoms in total. The molecule has 25 heavy (non-hydrogen) atoms. The van der Waals surface area contributed by atoms with Crippen LogP contribution in [0.15, 0.2) is 30.3 Å². The lowest BCUT2D eigenvalue weighted by atomic mass is 10.2. The number of carbonyl (C=O) groups is 1. The first-order valence-corrected chi connectivity index (χ1v) is 9.12. The molecule has 1 amide bonds. The summed E-state index contributed by atoms with van der Waals surface area (Å²) in [5, 5.41) is 8.87. The van der Waals surface area contributed by atoms with E-state index in [1.807, 2.05) is 17.9 Å². The number of thiophene rings is 1. The highest BCUT2D eigenvalue weighted by Crippen LogP contribution is 2.31. The zero-order chi connectivity index (χ0) is 17.6. The predicted octanol–water partition coefficient (Wildman–Crippen LogP) is 2.97. The number of aryl methyl sites for hydroxylation is 1. The minimum Gasteiger partial charge on any atom is -0.335 e. The molecule has 0 saturated carbocycles. The summed E-state index contributed by atoms with van der Waals surface area (Å²) in [6.45, 7) is 6.27. The number of hydrogen-bond acceptors (Lipinski definition) is 4. The molecule has 1 N–H and O–H groups in total. The Morgan fingerprint density at radius 1 is 1.36 bits per heavy atom. The summed E-state index contributed by atoms with van der Waals surface area (Å²) in [5.74, 6) is -0.210. The molecule has 0 aliphatic carbocycles. The maximum Gasteiger partial charge on any atom is 0.264 e. The van der Waals surface area contributed by atoms with E-state index in [2.05, 4.69) is 17.3 Å². The lowest BCUT2D eigenvalue weighted by Gasteiger charge is -2.31. The number of carbonyl (C=O) groups excluding carboxylic acids is 1. The van der Waals surface area contributed by atoms with E-state index in [0.29, 0.717) is 6.04 Å². The van der Waals surface area contributed by atoms with Crippen molar-refractivity contribution >= 4 is 27.5 Å². The summed E-state index contributed by atoms with van der Waals surface area (Å²) in [5.41, 5.74) is 1.65. The van der Waals surface area contributed by atoms with Crippen LogP contribution in [0.1, 0.15) is 22.3 Å². The van der Waals surface area contributed by atoms with Crippen LogP contribution < -0.4 is 5.32 Å². The van der Waals surface area contributed by atoms with Gasteiger partial charge in [-0.05, 0) is 44.2 Å². The molecule has 0 radical (unpaired) electrons. The van der Waals surface area contributed by atoms with Gasteiger partial charge >= 0.3 is 0 Å². The van der Waals surface area contributed by atoms with Crippen LogP contribution in [0.2, 0.25) is 0 Å². The van der Waals surface area contributed by atoms with Gasteiger partial charge in [0.2, 0.25) is 0 Å². The van der Waals surface area contributed by atoms with Gasteiger partial charge in [-0.1, -0.05) is 0 Å². The van der Waals surface area contributed by atoms with E-state index in [0.717, 1.165) is 46.1 Å². The smallest absolute Gasteiger partial charge is 0.264 e. The van der Waals surface area contributed by atoms with E-state index in [9.17, 15) is 9.18 Å². The molecule has 3 heterocycles. The molecule has 1 aliphatic rings. The van der Waals surface area contributed by atoms with Gasteiger partial charge in [0.25, 0.3) is 5.91 Å². The molecular formula is C18H19FN4OS. The number of nitrogens with zero attached hydrogens (tertiary/aromatic N) is 3. The van der Waals surface area contributed by atoms with Crippen molar-refractivity contribution in [3.8, 4) is 5.69 Å². The Hall–Kier alpha value is -2.25. The van der Waals surface area contributed by atoms with Gasteiger partial charge in [0.15, 0.2) is 0 Å².